The molecule has 0 N–H and O–H groups in total. The molecule has 1 aromatic heterocycles. The highest BCUT2D eigenvalue weighted by molar-refractivity contribution is 5.84. The van der Waals surface area contributed by atoms with E-state index in [1.165, 1.54) is 28.1 Å². The van der Waals surface area contributed by atoms with Crippen molar-refractivity contribution in [1.82, 2.24) is 15.0 Å². The number of nitrogens with zero attached hydrogens (tertiary/aromatic N) is 4. The number of benzene rings is 7. The van der Waals surface area contributed by atoms with E-state index in [2.05, 4.69) is 151 Å². The molecule has 260 valence electrons. The van der Waals surface area contributed by atoms with Crippen LogP contribution in [-0.2, 0) is 0 Å². The molecule has 4 heteroatoms. The van der Waals surface area contributed by atoms with Crippen LogP contribution in [0.3, 0.4) is 0 Å². The van der Waals surface area contributed by atoms with E-state index >= 15 is 0 Å². The highest BCUT2D eigenvalue weighted by Crippen LogP contribution is 2.47. The lowest BCUT2D eigenvalue weighted by atomic mass is 9.91. The molecule has 0 saturated heterocycles. The van der Waals surface area contributed by atoms with Crippen molar-refractivity contribution in [2.24, 2.45) is 0 Å². The third kappa shape index (κ3) is 6.24. The number of allylic oxidation sites excluding steroid dienone is 2. The molecule has 0 bridgehead atoms. The van der Waals surface area contributed by atoms with Gasteiger partial charge in [0.25, 0.3) is 0 Å². The second kappa shape index (κ2) is 14.0. The van der Waals surface area contributed by atoms with Crippen molar-refractivity contribution >= 4 is 11.4 Å². The van der Waals surface area contributed by atoms with E-state index in [9.17, 15) is 0 Å². The Morgan fingerprint density at radius 1 is 0.345 bits per heavy atom. The zero-order chi connectivity index (χ0) is 36.6. The monoisotopic (exact) mass is 704 g/mol. The molecule has 2 unspecified atom stereocenters. The Morgan fingerprint density at radius 2 is 0.800 bits per heavy atom. The van der Waals surface area contributed by atoms with Gasteiger partial charge in [-0.2, -0.15) is 0 Å². The fraction of sp³-hybridized carbons (Fsp3) is 0.0392. The van der Waals surface area contributed by atoms with Crippen LogP contribution in [0.5, 0.6) is 0 Å². The first kappa shape index (κ1) is 32.5. The number of aromatic nitrogens is 3. The zero-order valence-corrected chi connectivity index (χ0v) is 30.1. The highest BCUT2D eigenvalue weighted by atomic mass is 15.2. The maximum absolute atomic E-state index is 5.01. The van der Waals surface area contributed by atoms with Gasteiger partial charge in [-0.05, 0) is 81.4 Å². The summed E-state index contributed by atoms with van der Waals surface area (Å²) >= 11 is 0. The van der Waals surface area contributed by atoms with E-state index in [-0.39, 0.29) is 6.04 Å². The van der Waals surface area contributed by atoms with Gasteiger partial charge in [-0.15, -0.1) is 0 Å². The van der Waals surface area contributed by atoms with E-state index in [0.29, 0.717) is 23.4 Å². The van der Waals surface area contributed by atoms with Gasteiger partial charge >= 0.3 is 0 Å². The number of rotatable bonds is 7. The molecule has 55 heavy (non-hydrogen) atoms. The second-order valence-corrected chi connectivity index (χ2v) is 14.0. The summed E-state index contributed by atoms with van der Waals surface area (Å²) in [7, 11) is 0. The Bertz CT molecular complexity index is 2640. The third-order valence-electron chi connectivity index (χ3n) is 10.6. The Balaban J connectivity index is 1.05. The third-order valence-corrected chi connectivity index (χ3v) is 10.6. The van der Waals surface area contributed by atoms with Crippen molar-refractivity contribution in [2.45, 2.75) is 12.0 Å². The quantitative estimate of drug-likeness (QED) is 0.166. The lowest BCUT2D eigenvalue weighted by Gasteiger charge is -2.28. The molecule has 2 heterocycles. The maximum Gasteiger partial charge on any atom is 0.164 e. The standard InChI is InChI=1S/C51H36N4/c1-4-15-35(16-5-1)41-32-42(36-27-29-44(30-28-36)55-47-25-12-10-23-45(47)46-24-11-13-26-48(46)55)34-43(33-41)39-21-14-22-40(31-39)51-53-49(37-17-6-2-7-18-37)52-50(54-51)38-19-8-3-9-20-38/h1-34,45,47H. The Labute approximate surface area is 321 Å². The molecule has 8 aromatic rings. The van der Waals surface area contributed by atoms with Crippen molar-refractivity contribution in [3.63, 3.8) is 0 Å². The number of para-hydroxylation sites is 1. The van der Waals surface area contributed by atoms with Crippen LogP contribution < -0.4 is 4.90 Å². The van der Waals surface area contributed by atoms with Crippen molar-refractivity contribution < 1.29 is 0 Å². The van der Waals surface area contributed by atoms with Gasteiger partial charge in [0.15, 0.2) is 17.5 Å². The van der Waals surface area contributed by atoms with Crippen LogP contribution in [0.25, 0.3) is 67.5 Å². The summed E-state index contributed by atoms with van der Waals surface area (Å²) in [4.78, 5) is 17.4. The van der Waals surface area contributed by atoms with Crippen molar-refractivity contribution in [3.8, 4) is 67.5 Å². The maximum atomic E-state index is 5.01. The summed E-state index contributed by atoms with van der Waals surface area (Å²) in [6, 6.07) is 64.4. The molecule has 1 aliphatic carbocycles. The summed E-state index contributed by atoms with van der Waals surface area (Å²) in [5.41, 5.74) is 13.6. The lowest BCUT2D eigenvalue weighted by molar-refractivity contribution is 0.745. The van der Waals surface area contributed by atoms with Crippen molar-refractivity contribution in [2.75, 3.05) is 4.90 Å². The molecular formula is C51H36N4. The lowest BCUT2D eigenvalue weighted by Crippen LogP contribution is -2.28. The smallest absolute Gasteiger partial charge is 0.164 e. The number of hydrogen-bond acceptors (Lipinski definition) is 4. The fourth-order valence-corrected chi connectivity index (χ4v) is 7.94. The van der Waals surface area contributed by atoms with Gasteiger partial charge in [-0.3, -0.25) is 0 Å². The molecule has 0 amide bonds. The molecular weight excluding hydrogens is 669 g/mol. The summed E-state index contributed by atoms with van der Waals surface area (Å²) in [5, 5.41) is 0. The molecule has 0 radical (unpaired) electrons. The minimum atomic E-state index is 0.269. The Morgan fingerprint density at radius 3 is 1.44 bits per heavy atom. The number of fused-ring (bicyclic) bond motifs is 3. The molecule has 2 aliphatic rings. The average molecular weight is 705 g/mol. The summed E-state index contributed by atoms with van der Waals surface area (Å²) < 4.78 is 0. The fourth-order valence-electron chi connectivity index (χ4n) is 7.94. The zero-order valence-electron chi connectivity index (χ0n) is 30.1. The largest absolute Gasteiger partial charge is 0.333 e. The van der Waals surface area contributed by atoms with Crippen LogP contribution in [0.4, 0.5) is 11.4 Å². The molecule has 7 aromatic carbocycles. The first-order valence-corrected chi connectivity index (χ1v) is 18.8. The topological polar surface area (TPSA) is 41.9 Å². The van der Waals surface area contributed by atoms with Crippen LogP contribution >= 0.6 is 0 Å². The number of anilines is 2. The van der Waals surface area contributed by atoms with Gasteiger partial charge in [0, 0.05) is 34.0 Å². The predicted octanol–water partition coefficient (Wildman–Crippen LogP) is 12.6. The van der Waals surface area contributed by atoms with Crippen LogP contribution in [-0.4, -0.2) is 21.0 Å². The molecule has 0 fully saturated rings. The van der Waals surface area contributed by atoms with Crippen LogP contribution in [0, 0.1) is 0 Å². The Hall–Kier alpha value is -7.17. The van der Waals surface area contributed by atoms with Gasteiger partial charge < -0.3 is 4.90 Å². The van der Waals surface area contributed by atoms with E-state index in [1.807, 2.05) is 60.7 Å². The van der Waals surface area contributed by atoms with Crippen LogP contribution in [0.1, 0.15) is 11.5 Å². The first-order valence-electron chi connectivity index (χ1n) is 18.8. The average Bonchev–Trinajstić information content (AvgIpc) is 3.61. The van der Waals surface area contributed by atoms with E-state index < -0.39 is 0 Å². The van der Waals surface area contributed by atoms with Gasteiger partial charge in [-0.1, -0.05) is 164 Å². The van der Waals surface area contributed by atoms with Crippen molar-refractivity contribution in [1.29, 1.82) is 0 Å². The molecule has 4 nitrogen and oxygen atoms in total. The number of hydrogen-bond donors (Lipinski definition) is 0. The minimum Gasteiger partial charge on any atom is -0.333 e. The van der Waals surface area contributed by atoms with Crippen molar-refractivity contribution in [3.05, 3.63) is 212 Å². The second-order valence-electron chi connectivity index (χ2n) is 14.0. The summed E-state index contributed by atoms with van der Waals surface area (Å²) in [6.07, 6.45) is 9.00. The molecule has 1 aliphatic heterocycles. The van der Waals surface area contributed by atoms with Crippen LogP contribution in [0.2, 0.25) is 0 Å². The van der Waals surface area contributed by atoms with E-state index in [0.717, 1.165) is 38.9 Å². The predicted molar refractivity (Wildman–Crippen MR) is 226 cm³/mol. The van der Waals surface area contributed by atoms with Gasteiger partial charge in [0.2, 0.25) is 0 Å². The minimum absolute atomic E-state index is 0.269. The van der Waals surface area contributed by atoms with Gasteiger partial charge in [-0.25, -0.2) is 15.0 Å². The SMILES string of the molecule is C1=CC2c3ccccc3N(c3ccc(-c4cc(-c5ccccc5)cc(-c5cccc(-c6nc(-c7ccccc7)nc(-c7ccccc7)n6)c5)c4)cc3)C2C=C1. The van der Waals surface area contributed by atoms with E-state index in [1.54, 1.807) is 0 Å². The molecule has 0 saturated carbocycles. The Kier molecular flexibility index (Phi) is 8.27. The highest BCUT2D eigenvalue weighted by Gasteiger charge is 2.36. The van der Waals surface area contributed by atoms with Gasteiger partial charge in [0.1, 0.15) is 0 Å². The van der Waals surface area contributed by atoms with Crippen LogP contribution in [0.15, 0.2) is 206 Å². The summed E-state index contributed by atoms with van der Waals surface area (Å²) in [5.74, 6) is 2.29. The molecule has 2 atom stereocenters. The molecule has 10 rings (SSSR count). The normalized spacial score (nSPS) is 15.5. The molecule has 0 spiro atoms. The van der Waals surface area contributed by atoms with E-state index in [4.69, 9.17) is 15.0 Å². The summed E-state index contributed by atoms with van der Waals surface area (Å²) in [6.45, 7) is 0. The first-order chi connectivity index (χ1) is 27.2. The van der Waals surface area contributed by atoms with Gasteiger partial charge in [0.05, 0.1) is 6.04 Å².